The van der Waals surface area contributed by atoms with Crippen LogP contribution in [0.2, 0.25) is 0 Å². The highest BCUT2D eigenvalue weighted by Crippen LogP contribution is 2.14. The summed E-state index contributed by atoms with van der Waals surface area (Å²) < 4.78 is 39.5. The maximum Gasteiger partial charge on any atom is 0.411 e. The number of nitrogens with zero attached hydrogens (tertiary/aromatic N) is 1. The molecular weight excluding hydrogens is 237 g/mol. The van der Waals surface area contributed by atoms with Gasteiger partial charge < -0.3 is 15.0 Å². The minimum atomic E-state index is -4.31. The number of carbonyl (C=O) groups is 1. The molecule has 0 spiro atoms. The van der Waals surface area contributed by atoms with Gasteiger partial charge >= 0.3 is 12.2 Å². The molecule has 0 aromatic heterocycles. The Morgan fingerprint density at radius 3 is 2.47 bits per heavy atom. The predicted octanol–water partition coefficient (Wildman–Crippen LogP) is 1.76. The van der Waals surface area contributed by atoms with Gasteiger partial charge in [0, 0.05) is 19.6 Å². The third kappa shape index (κ3) is 6.35. The average Bonchev–Trinajstić information content (AvgIpc) is 2.28. The molecule has 0 aromatic carbocycles. The van der Waals surface area contributed by atoms with Gasteiger partial charge in [-0.1, -0.05) is 0 Å². The number of piperidine rings is 1. The maximum absolute atomic E-state index is 11.7. The van der Waals surface area contributed by atoms with Crippen molar-refractivity contribution >= 4 is 6.03 Å². The molecule has 0 aromatic rings. The Balaban J connectivity index is 2.04. The van der Waals surface area contributed by atoms with Crippen molar-refractivity contribution in [3.63, 3.8) is 0 Å². The number of urea groups is 1. The van der Waals surface area contributed by atoms with Crippen LogP contribution >= 0.6 is 0 Å². The summed E-state index contributed by atoms with van der Waals surface area (Å²) in [6.07, 6.45) is -1.22. The Hall–Kier alpha value is -0.980. The maximum atomic E-state index is 11.7. The second kappa shape index (κ2) is 6.68. The van der Waals surface area contributed by atoms with Crippen LogP contribution in [0.25, 0.3) is 0 Å². The molecular formula is C10H17F3N2O2. The largest absolute Gasteiger partial charge is 0.411 e. The molecule has 100 valence electrons. The Bertz CT molecular complexity index is 240. The number of rotatable bonds is 4. The van der Waals surface area contributed by atoms with Crippen LogP contribution in [0, 0.1) is 0 Å². The summed E-state index contributed by atoms with van der Waals surface area (Å²) in [5.41, 5.74) is 0. The molecule has 1 N–H and O–H groups in total. The van der Waals surface area contributed by atoms with Crippen LogP contribution in [-0.2, 0) is 4.74 Å². The van der Waals surface area contributed by atoms with Crippen molar-refractivity contribution in [1.82, 2.24) is 10.2 Å². The summed E-state index contributed by atoms with van der Waals surface area (Å²) in [6.45, 7) is 0.140. The number of likely N-dealkylation sites (tertiary alicyclic amines) is 1. The van der Waals surface area contributed by atoms with Gasteiger partial charge in [0.2, 0.25) is 0 Å². The van der Waals surface area contributed by atoms with Crippen molar-refractivity contribution < 1.29 is 22.7 Å². The second-order valence-corrected chi connectivity index (χ2v) is 3.95. The van der Waals surface area contributed by atoms with Crippen LogP contribution in [-0.4, -0.2) is 50.0 Å². The molecule has 2 amide bonds. The first-order chi connectivity index (χ1) is 7.99. The van der Waals surface area contributed by atoms with Crippen LogP contribution in [0.15, 0.2) is 0 Å². The van der Waals surface area contributed by atoms with Crippen molar-refractivity contribution in [2.45, 2.75) is 25.4 Å². The summed E-state index contributed by atoms with van der Waals surface area (Å²) >= 11 is 0. The van der Waals surface area contributed by atoms with E-state index in [0.717, 1.165) is 32.4 Å². The summed E-state index contributed by atoms with van der Waals surface area (Å²) in [6, 6.07) is -0.222. The molecule has 0 atom stereocenters. The van der Waals surface area contributed by atoms with E-state index in [2.05, 4.69) is 10.1 Å². The van der Waals surface area contributed by atoms with E-state index in [1.165, 1.54) is 0 Å². The van der Waals surface area contributed by atoms with Crippen molar-refractivity contribution in [3.8, 4) is 0 Å². The molecule has 0 unspecified atom stereocenters. The zero-order valence-corrected chi connectivity index (χ0v) is 9.55. The molecule has 1 fully saturated rings. The van der Waals surface area contributed by atoms with Crippen molar-refractivity contribution in [2.75, 3.05) is 32.8 Å². The van der Waals surface area contributed by atoms with Crippen molar-refractivity contribution in [3.05, 3.63) is 0 Å². The highest BCUT2D eigenvalue weighted by Gasteiger charge is 2.27. The Kier molecular flexibility index (Phi) is 5.54. The number of ether oxygens (including phenoxy) is 1. The lowest BCUT2D eigenvalue weighted by molar-refractivity contribution is -0.173. The fraction of sp³-hybridized carbons (Fsp3) is 0.900. The molecule has 17 heavy (non-hydrogen) atoms. The Morgan fingerprint density at radius 1 is 1.24 bits per heavy atom. The zero-order chi connectivity index (χ0) is 12.7. The Morgan fingerprint density at radius 2 is 1.88 bits per heavy atom. The van der Waals surface area contributed by atoms with E-state index in [1.807, 2.05) is 0 Å². The zero-order valence-electron chi connectivity index (χ0n) is 9.55. The minimum Gasteiger partial charge on any atom is -0.370 e. The Labute approximate surface area is 98.1 Å². The van der Waals surface area contributed by atoms with Crippen LogP contribution in [0.5, 0.6) is 0 Å². The first kappa shape index (κ1) is 14.1. The first-order valence-electron chi connectivity index (χ1n) is 5.66. The quantitative estimate of drug-likeness (QED) is 0.777. The lowest BCUT2D eigenvalue weighted by Gasteiger charge is -2.26. The summed E-state index contributed by atoms with van der Waals surface area (Å²) in [7, 11) is 0. The van der Waals surface area contributed by atoms with E-state index in [-0.39, 0.29) is 19.2 Å². The fourth-order valence-electron chi connectivity index (χ4n) is 1.63. The molecule has 0 aliphatic carbocycles. The lowest BCUT2D eigenvalue weighted by Crippen LogP contribution is -2.43. The molecule has 0 radical (unpaired) electrons. The average molecular weight is 254 g/mol. The third-order valence-electron chi connectivity index (χ3n) is 2.43. The molecule has 1 aliphatic rings. The van der Waals surface area contributed by atoms with Crippen molar-refractivity contribution in [1.29, 1.82) is 0 Å². The number of nitrogens with one attached hydrogen (secondary N) is 1. The van der Waals surface area contributed by atoms with Crippen LogP contribution in [0.4, 0.5) is 18.0 Å². The molecule has 4 nitrogen and oxygen atoms in total. The standard InChI is InChI=1S/C10H17F3N2O2/c11-10(12,13)8-17-7-4-14-9(16)15-5-2-1-3-6-15/h1-8H2,(H,14,16). The molecule has 1 rings (SSSR count). The molecule has 0 bridgehead atoms. The van der Waals surface area contributed by atoms with Gasteiger partial charge in [-0.05, 0) is 19.3 Å². The van der Waals surface area contributed by atoms with Gasteiger partial charge in [-0.25, -0.2) is 4.79 Å². The molecule has 0 saturated carbocycles. The van der Waals surface area contributed by atoms with E-state index >= 15 is 0 Å². The number of hydrogen-bond donors (Lipinski definition) is 1. The highest BCUT2D eigenvalue weighted by molar-refractivity contribution is 5.74. The van der Waals surface area contributed by atoms with E-state index in [0.29, 0.717) is 0 Å². The molecule has 1 heterocycles. The van der Waals surface area contributed by atoms with E-state index in [1.54, 1.807) is 4.90 Å². The monoisotopic (exact) mass is 254 g/mol. The highest BCUT2D eigenvalue weighted by atomic mass is 19.4. The van der Waals surface area contributed by atoms with Crippen molar-refractivity contribution in [2.24, 2.45) is 0 Å². The smallest absolute Gasteiger partial charge is 0.370 e. The van der Waals surface area contributed by atoms with Gasteiger partial charge in [0.25, 0.3) is 0 Å². The fourth-order valence-corrected chi connectivity index (χ4v) is 1.63. The second-order valence-electron chi connectivity index (χ2n) is 3.95. The number of halogens is 3. The van der Waals surface area contributed by atoms with Gasteiger partial charge in [0.05, 0.1) is 6.61 Å². The lowest BCUT2D eigenvalue weighted by atomic mass is 10.1. The number of alkyl halides is 3. The molecule has 1 aliphatic heterocycles. The topological polar surface area (TPSA) is 41.6 Å². The minimum absolute atomic E-state index is 0.103. The summed E-state index contributed by atoms with van der Waals surface area (Å²) in [5, 5.41) is 2.53. The molecule has 1 saturated heterocycles. The predicted molar refractivity (Wildman–Crippen MR) is 55.7 cm³/mol. The van der Waals surface area contributed by atoms with E-state index < -0.39 is 12.8 Å². The third-order valence-corrected chi connectivity index (χ3v) is 2.43. The first-order valence-corrected chi connectivity index (χ1v) is 5.66. The van der Waals surface area contributed by atoms with Gasteiger partial charge in [0.1, 0.15) is 6.61 Å². The van der Waals surface area contributed by atoms with Gasteiger partial charge in [-0.2, -0.15) is 13.2 Å². The van der Waals surface area contributed by atoms with E-state index in [9.17, 15) is 18.0 Å². The summed E-state index contributed by atoms with van der Waals surface area (Å²) in [5.74, 6) is 0. The van der Waals surface area contributed by atoms with E-state index in [4.69, 9.17) is 0 Å². The van der Waals surface area contributed by atoms with Gasteiger partial charge in [-0.3, -0.25) is 0 Å². The summed E-state index contributed by atoms with van der Waals surface area (Å²) in [4.78, 5) is 13.2. The van der Waals surface area contributed by atoms with Gasteiger partial charge in [0.15, 0.2) is 0 Å². The number of hydrogen-bond acceptors (Lipinski definition) is 2. The van der Waals surface area contributed by atoms with Gasteiger partial charge in [-0.15, -0.1) is 0 Å². The normalized spacial score (nSPS) is 17.0. The van der Waals surface area contributed by atoms with Crippen LogP contribution < -0.4 is 5.32 Å². The SMILES string of the molecule is O=C(NCCOCC(F)(F)F)N1CCCCC1. The number of amides is 2. The van der Waals surface area contributed by atoms with Crippen LogP contribution in [0.3, 0.4) is 0 Å². The number of carbonyl (C=O) groups excluding carboxylic acids is 1. The van der Waals surface area contributed by atoms with Crippen LogP contribution in [0.1, 0.15) is 19.3 Å². The molecule has 7 heteroatoms.